The number of hydrogen-bond donors (Lipinski definition) is 2. The van der Waals surface area contributed by atoms with E-state index in [1.807, 2.05) is 11.6 Å². The van der Waals surface area contributed by atoms with E-state index in [0.29, 0.717) is 11.3 Å². The van der Waals surface area contributed by atoms with Crippen molar-refractivity contribution in [2.24, 2.45) is 0 Å². The molecule has 2 rings (SSSR count). The highest BCUT2D eigenvalue weighted by atomic mass is 32.2. The first kappa shape index (κ1) is 27.2. The van der Waals surface area contributed by atoms with Crippen LogP contribution >= 0.6 is 11.8 Å². The van der Waals surface area contributed by atoms with Gasteiger partial charge in [-0.25, -0.2) is 17.8 Å². The summed E-state index contributed by atoms with van der Waals surface area (Å²) in [5.41, 5.74) is -0.807. The molecule has 1 aromatic heterocycles. The second-order valence-corrected chi connectivity index (χ2v) is 9.84. The van der Waals surface area contributed by atoms with Crippen LogP contribution in [-0.4, -0.2) is 31.3 Å². The van der Waals surface area contributed by atoms with Gasteiger partial charge in [0.15, 0.2) is 0 Å². The lowest BCUT2D eigenvalue weighted by molar-refractivity contribution is -0.141. The molecule has 1 heterocycles. The number of nitrogens with one attached hydrogen (secondary N) is 2. The number of pyridine rings is 1. The first-order valence-corrected chi connectivity index (χ1v) is 12.7. The number of rotatable bonds is 9. The number of thioether (sulfide) groups is 1. The highest BCUT2D eigenvalue weighted by molar-refractivity contribution is 7.99. The Balaban J connectivity index is 2.15. The van der Waals surface area contributed by atoms with E-state index in [9.17, 15) is 30.8 Å². The highest BCUT2D eigenvalue weighted by Crippen LogP contribution is 2.31. The molecule has 2 N–H and O–H groups in total. The molecule has 0 aliphatic rings. The van der Waals surface area contributed by atoms with Crippen molar-refractivity contribution < 1.29 is 30.8 Å². The van der Waals surface area contributed by atoms with Gasteiger partial charge < -0.3 is 5.32 Å². The van der Waals surface area contributed by atoms with Crippen LogP contribution in [0.2, 0.25) is 0 Å². The fourth-order valence-electron chi connectivity index (χ4n) is 2.63. The Morgan fingerprint density at radius 1 is 1.29 bits per heavy atom. The lowest BCUT2D eigenvalue weighted by Crippen LogP contribution is -2.21. The molecule has 0 saturated carbocycles. The predicted molar refractivity (Wildman–Crippen MR) is 124 cm³/mol. The molecular formula is C22H21F4N3O3S2. The van der Waals surface area contributed by atoms with Gasteiger partial charge in [-0.3, -0.25) is 9.52 Å². The van der Waals surface area contributed by atoms with Crippen molar-refractivity contribution in [2.45, 2.75) is 31.1 Å². The molecule has 12 heteroatoms. The number of nitrogens with zero attached hydrogens (tertiary/aromatic N) is 1. The summed E-state index contributed by atoms with van der Waals surface area (Å²) < 4.78 is 78.0. The number of aromatic nitrogens is 1. The molecule has 2 aromatic rings. The van der Waals surface area contributed by atoms with Gasteiger partial charge in [0.25, 0.3) is 0 Å². The Morgan fingerprint density at radius 3 is 2.59 bits per heavy atom. The fourth-order valence-corrected chi connectivity index (χ4v) is 4.07. The zero-order valence-corrected chi connectivity index (χ0v) is 19.8. The predicted octanol–water partition coefficient (Wildman–Crippen LogP) is 4.42. The maximum atomic E-state index is 14.3. The van der Waals surface area contributed by atoms with Crippen LogP contribution in [0.3, 0.4) is 0 Å². The van der Waals surface area contributed by atoms with Crippen molar-refractivity contribution in [1.82, 2.24) is 10.3 Å². The Labute approximate surface area is 199 Å². The molecular weight excluding hydrogens is 494 g/mol. The van der Waals surface area contributed by atoms with Crippen molar-refractivity contribution in [3.8, 4) is 12.3 Å². The number of hydrogen-bond acceptors (Lipinski definition) is 5. The first-order valence-electron chi connectivity index (χ1n) is 9.77. The Morgan fingerprint density at radius 2 is 2.00 bits per heavy atom. The normalized spacial score (nSPS) is 11.9. The summed E-state index contributed by atoms with van der Waals surface area (Å²) in [7, 11) is -3.76. The van der Waals surface area contributed by atoms with Crippen molar-refractivity contribution >= 4 is 39.5 Å². The zero-order valence-electron chi connectivity index (χ0n) is 18.2. The van der Waals surface area contributed by atoms with Gasteiger partial charge in [0, 0.05) is 18.2 Å². The van der Waals surface area contributed by atoms with Crippen LogP contribution in [0, 0.1) is 18.2 Å². The van der Waals surface area contributed by atoms with E-state index in [4.69, 9.17) is 6.42 Å². The van der Waals surface area contributed by atoms with Gasteiger partial charge in [-0.1, -0.05) is 18.9 Å². The average molecular weight is 516 g/mol. The third-order valence-electron chi connectivity index (χ3n) is 4.10. The maximum Gasteiger partial charge on any atom is 0.433 e. The number of carbonyl (C=O) groups excluding carboxylic acids is 1. The smallest absolute Gasteiger partial charge is 0.348 e. The molecule has 6 nitrogen and oxygen atoms in total. The van der Waals surface area contributed by atoms with Crippen molar-refractivity contribution in [2.75, 3.05) is 16.7 Å². The molecule has 0 radical (unpaired) electrons. The van der Waals surface area contributed by atoms with Crippen molar-refractivity contribution in [3.05, 3.63) is 58.5 Å². The summed E-state index contributed by atoms with van der Waals surface area (Å²) in [4.78, 5) is 15.9. The van der Waals surface area contributed by atoms with Gasteiger partial charge >= 0.3 is 6.18 Å². The zero-order chi connectivity index (χ0) is 25.5. The van der Waals surface area contributed by atoms with Crippen molar-refractivity contribution in [3.63, 3.8) is 0 Å². The van der Waals surface area contributed by atoms with Gasteiger partial charge in [-0.2, -0.15) is 13.2 Å². The standard InChI is InChI=1S/C22H21F4N3O3S2/c1-4-10-33-21-16(6-8-18(28-21)22(24,25)26)7-9-19(30)27-13-14-11-15(5-2)20(17(23)12-14)29-34(3,31)32/h2,6-9,11-12,29H,4,10,13H2,1,3H3,(H,27,30)/b9-7-. The fraction of sp³-hybridized carbons (Fsp3) is 0.273. The molecule has 0 bridgehead atoms. The molecule has 0 fully saturated rings. The van der Waals surface area contributed by atoms with E-state index in [-0.39, 0.29) is 28.4 Å². The molecule has 0 aliphatic heterocycles. The van der Waals surface area contributed by atoms with Crippen LogP contribution in [0.25, 0.3) is 6.08 Å². The van der Waals surface area contributed by atoms with Crippen molar-refractivity contribution in [1.29, 1.82) is 0 Å². The summed E-state index contributed by atoms with van der Waals surface area (Å²) in [6.07, 6.45) is 4.79. The van der Waals surface area contributed by atoms with E-state index in [0.717, 1.165) is 42.6 Å². The topological polar surface area (TPSA) is 88.2 Å². The molecule has 0 saturated heterocycles. The lowest BCUT2D eigenvalue weighted by atomic mass is 10.1. The van der Waals surface area contributed by atoms with Gasteiger partial charge in [-0.15, -0.1) is 18.2 Å². The average Bonchev–Trinajstić information content (AvgIpc) is 2.75. The summed E-state index contributed by atoms with van der Waals surface area (Å²) >= 11 is 1.15. The number of anilines is 1. The van der Waals surface area contributed by atoms with E-state index in [2.05, 4.69) is 16.2 Å². The van der Waals surface area contributed by atoms with Gasteiger partial charge in [-0.05, 0) is 42.0 Å². The summed E-state index contributed by atoms with van der Waals surface area (Å²) in [5, 5.41) is 2.66. The van der Waals surface area contributed by atoms with Gasteiger partial charge in [0.1, 0.15) is 16.5 Å². The van der Waals surface area contributed by atoms with E-state index in [1.54, 1.807) is 0 Å². The molecule has 1 amide bonds. The highest BCUT2D eigenvalue weighted by Gasteiger charge is 2.32. The van der Waals surface area contributed by atoms with E-state index >= 15 is 0 Å². The summed E-state index contributed by atoms with van der Waals surface area (Å²) in [5.74, 6) is 1.24. The third kappa shape index (κ3) is 8.07. The number of terminal acetylenes is 1. The monoisotopic (exact) mass is 515 g/mol. The number of sulfonamides is 1. The molecule has 0 unspecified atom stereocenters. The van der Waals surface area contributed by atoms with Crippen LogP contribution < -0.4 is 10.0 Å². The molecule has 0 atom stereocenters. The van der Waals surface area contributed by atoms with E-state index in [1.165, 1.54) is 18.2 Å². The maximum absolute atomic E-state index is 14.3. The minimum absolute atomic E-state index is 0.0429. The van der Waals surface area contributed by atoms with Crippen LogP contribution in [0.15, 0.2) is 35.4 Å². The van der Waals surface area contributed by atoms with Gasteiger partial charge in [0.2, 0.25) is 15.9 Å². The SMILES string of the molecule is C#Cc1cc(CNC(=O)/C=C\c2ccc(C(F)(F)F)nc2SCCC)cc(F)c1NS(C)(=O)=O. The minimum atomic E-state index is -4.58. The number of alkyl halides is 3. The molecule has 182 valence electrons. The number of halogens is 4. The largest absolute Gasteiger partial charge is 0.433 e. The lowest BCUT2D eigenvalue weighted by Gasteiger charge is -2.11. The number of amides is 1. The van der Waals surface area contributed by atoms with Crippen LogP contribution in [0.4, 0.5) is 23.2 Å². The number of carbonyl (C=O) groups is 1. The quantitative estimate of drug-likeness (QED) is 0.223. The molecule has 1 aromatic carbocycles. The van der Waals surface area contributed by atoms with Crippen LogP contribution in [-0.2, 0) is 27.5 Å². The van der Waals surface area contributed by atoms with E-state index < -0.39 is 33.6 Å². The Hall–Kier alpha value is -3.04. The Bertz CT molecular complexity index is 1240. The summed E-state index contributed by atoms with van der Waals surface area (Å²) in [6, 6.07) is 4.45. The van der Waals surface area contributed by atoms with Crippen LogP contribution in [0.5, 0.6) is 0 Å². The molecule has 0 spiro atoms. The van der Waals surface area contributed by atoms with Crippen LogP contribution in [0.1, 0.15) is 35.7 Å². The first-order chi connectivity index (χ1) is 15.8. The third-order valence-corrected chi connectivity index (χ3v) is 5.88. The Kier molecular flexibility index (Phi) is 9.12. The number of benzene rings is 1. The molecule has 34 heavy (non-hydrogen) atoms. The second kappa shape index (κ2) is 11.4. The van der Waals surface area contributed by atoms with Gasteiger partial charge in [0.05, 0.1) is 17.5 Å². The minimum Gasteiger partial charge on any atom is -0.348 e. The second-order valence-electron chi connectivity index (χ2n) is 7.01. The summed E-state index contributed by atoms with van der Waals surface area (Å²) in [6.45, 7) is 1.75. The molecule has 0 aliphatic carbocycles.